The van der Waals surface area contributed by atoms with Crippen LogP contribution in [0.15, 0.2) is 48.5 Å². The van der Waals surface area contributed by atoms with Crippen molar-refractivity contribution in [1.29, 1.82) is 0 Å². The fourth-order valence-electron chi connectivity index (χ4n) is 2.52. The lowest BCUT2D eigenvalue weighted by molar-refractivity contribution is -0.121. The summed E-state index contributed by atoms with van der Waals surface area (Å²) in [5.41, 5.74) is 1.17. The molecule has 1 atom stereocenters. The van der Waals surface area contributed by atoms with E-state index in [9.17, 15) is 9.59 Å². The largest absolute Gasteiger partial charge is 0.497 e. The Hall–Kier alpha value is -2.53. The number of ether oxygens (including phenoxy) is 1. The number of rotatable bonds is 4. The van der Waals surface area contributed by atoms with Crippen molar-refractivity contribution >= 4 is 34.8 Å². The quantitative estimate of drug-likeness (QED) is 0.875. The zero-order chi connectivity index (χ0) is 16.4. The van der Waals surface area contributed by atoms with Gasteiger partial charge in [0.15, 0.2) is 0 Å². The number of carbonyl (C=O) groups is 2. The molecule has 2 amide bonds. The first-order valence-corrected chi connectivity index (χ1v) is 7.50. The molecule has 0 radical (unpaired) electrons. The molecular weight excluding hydrogens is 316 g/mol. The lowest BCUT2D eigenvalue weighted by atomic mass is 10.2. The van der Waals surface area contributed by atoms with Crippen LogP contribution in [0.1, 0.15) is 6.42 Å². The van der Waals surface area contributed by atoms with Gasteiger partial charge >= 0.3 is 0 Å². The van der Waals surface area contributed by atoms with E-state index in [0.717, 1.165) is 16.3 Å². The van der Waals surface area contributed by atoms with Gasteiger partial charge in [0.25, 0.3) is 5.91 Å². The smallest absolute Gasteiger partial charge is 0.256 e. The van der Waals surface area contributed by atoms with Gasteiger partial charge in [0.05, 0.1) is 24.2 Å². The molecule has 0 saturated carbocycles. The second kappa shape index (κ2) is 6.30. The van der Waals surface area contributed by atoms with Crippen molar-refractivity contribution in [2.45, 2.75) is 12.5 Å². The van der Waals surface area contributed by atoms with Gasteiger partial charge in [-0.05, 0) is 36.4 Å². The van der Waals surface area contributed by atoms with Gasteiger partial charge in [-0.2, -0.15) is 0 Å². The zero-order valence-corrected chi connectivity index (χ0v) is 13.2. The molecule has 118 valence electrons. The number of carbonyl (C=O) groups excluding carboxylic acids is 2. The van der Waals surface area contributed by atoms with E-state index in [1.54, 1.807) is 55.6 Å². The standard InChI is InChI=1S/C17H15ClN2O3/c1-23-12-8-6-11(7-9-12)19-14-10-16(21)20(17(14)22)15-5-3-2-4-13(15)18/h2-9,14,19H,10H2,1H3/t14-/m0/s1. The normalized spacial score (nSPS) is 17.5. The summed E-state index contributed by atoms with van der Waals surface area (Å²) in [6.07, 6.45) is 0.0933. The monoisotopic (exact) mass is 330 g/mol. The molecule has 1 N–H and O–H groups in total. The summed E-state index contributed by atoms with van der Waals surface area (Å²) in [6.45, 7) is 0. The van der Waals surface area contributed by atoms with Gasteiger partial charge in [-0.25, -0.2) is 4.90 Å². The third-order valence-corrected chi connectivity index (χ3v) is 3.99. The number of benzene rings is 2. The molecule has 0 spiro atoms. The maximum atomic E-state index is 12.6. The van der Waals surface area contributed by atoms with Gasteiger partial charge in [-0.1, -0.05) is 23.7 Å². The Labute approximate surface area is 138 Å². The predicted octanol–water partition coefficient (Wildman–Crippen LogP) is 3.09. The SMILES string of the molecule is COc1ccc(N[C@H]2CC(=O)N(c3ccccc3Cl)C2=O)cc1. The van der Waals surface area contributed by atoms with Crippen molar-refractivity contribution in [3.05, 3.63) is 53.6 Å². The van der Waals surface area contributed by atoms with Gasteiger partial charge < -0.3 is 10.1 Å². The van der Waals surface area contributed by atoms with Crippen molar-refractivity contribution in [2.24, 2.45) is 0 Å². The minimum Gasteiger partial charge on any atom is -0.497 e. The molecule has 0 bridgehead atoms. The summed E-state index contributed by atoms with van der Waals surface area (Å²) >= 11 is 6.10. The molecule has 1 saturated heterocycles. The van der Waals surface area contributed by atoms with Gasteiger partial charge in [0.1, 0.15) is 11.8 Å². The van der Waals surface area contributed by atoms with E-state index >= 15 is 0 Å². The number of hydrogen-bond donors (Lipinski definition) is 1. The highest BCUT2D eigenvalue weighted by atomic mass is 35.5. The van der Waals surface area contributed by atoms with E-state index in [1.165, 1.54) is 0 Å². The van der Waals surface area contributed by atoms with E-state index in [2.05, 4.69) is 5.32 Å². The number of halogens is 1. The molecule has 0 aromatic heterocycles. The molecule has 2 aromatic carbocycles. The number of para-hydroxylation sites is 1. The molecule has 5 nitrogen and oxygen atoms in total. The van der Waals surface area contributed by atoms with Crippen LogP contribution in [0.25, 0.3) is 0 Å². The topological polar surface area (TPSA) is 58.6 Å². The van der Waals surface area contributed by atoms with Crippen LogP contribution >= 0.6 is 11.6 Å². The predicted molar refractivity (Wildman–Crippen MR) is 89.0 cm³/mol. The minimum absolute atomic E-state index is 0.0933. The molecule has 1 aliphatic rings. The van der Waals surface area contributed by atoms with Crippen LogP contribution in [0.3, 0.4) is 0 Å². The number of methoxy groups -OCH3 is 1. The van der Waals surface area contributed by atoms with E-state index in [-0.39, 0.29) is 18.2 Å². The van der Waals surface area contributed by atoms with Crippen LogP contribution in [0.5, 0.6) is 5.75 Å². The van der Waals surface area contributed by atoms with Gasteiger partial charge in [0, 0.05) is 5.69 Å². The van der Waals surface area contributed by atoms with Crippen LogP contribution in [-0.4, -0.2) is 25.0 Å². The molecule has 2 aromatic rings. The molecule has 1 aliphatic heterocycles. The Morgan fingerprint density at radius 2 is 1.83 bits per heavy atom. The third kappa shape index (κ3) is 3.00. The Morgan fingerprint density at radius 3 is 2.48 bits per heavy atom. The number of hydrogen-bond acceptors (Lipinski definition) is 4. The highest BCUT2D eigenvalue weighted by Gasteiger charge is 2.40. The van der Waals surface area contributed by atoms with Gasteiger partial charge in [0.2, 0.25) is 5.91 Å². The highest BCUT2D eigenvalue weighted by molar-refractivity contribution is 6.36. The molecule has 3 rings (SSSR count). The van der Waals surface area contributed by atoms with Crippen molar-refractivity contribution < 1.29 is 14.3 Å². The van der Waals surface area contributed by atoms with Crippen molar-refractivity contribution in [1.82, 2.24) is 0 Å². The van der Waals surface area contributed by atoms with Crippen molar-refractivity contribution in [3.63, 3.8) is 0 Å². The fourth-order valence-corrected chi connectivity index (χ4v) is 2.74. The summed E-state index contributed by atoms with van der Waals surface area (Å²) < 4.78 is 5.09. The van der Waals surface area contributed by atoms with Crippen LogP contribution in [0.4, 0.5) is 11.4 Å². The van der Waals surface area contributed by atoms with Crippen LogP contribution in [0.2, 0.25) is 5.02 Å². The summed E-state index contributed by atoms with van der Waals surface area (Å²) in [4.78, 5) is 25.9. The van der Waals surface area contributed by atoms with Crippen LogP contribution < -0.4 is 15.0 Å². The Morgan fingerprint density at radius 1 is 1.13 bits per heavy atom. The lowest BCUT2D eigenvalue weighted by Crippen LogP contribution is -2.34. The molecule has 6 heteroatoms. The number of anilines is 2. The second-order valence-electron chi connectivity index (χ2n) is 5.15. The molecular formula is C17H15ClN2O3. The minimum atomic E-state index is -0.604. The summed E-state index contributed by atoms with van der Waals surface area (Å²) in [7, 11) is 1.59. The van der Waals surface area contributed by atoms with Crippen LogP contribution in [0, 0.1) is 0 Å². The van der Waals surface area contributed by atoms with Gasteiger partial charge in [-0.15, -0.1) is 0 Å². The lowest BCUT2D eigenvalue weighted by Gasteiger charge is -2.17. The van der Waals surface area contributed by atoms with E-state index in [4.69, 9.17) is 16.3 Å². The van der Waals surface area contributed by atoms with Crippen molar-refractivity contribution in [2.75, 3.05) is 17.3 Å². The molecule has 0 unspecified atom stereocenters. The van der Waals surface area contributed by atoms with Crippen molar-refractivity contribution in [3.8, 4) is 5.75 Å². The second-order valence-corrected chi connectivity index (χ2v) is 5.56. The van der Waals surface area contributed by atoms with E-state index in [1.807, 2.05) is 0 Å². The fraction of sp³-hybridized carbons (Fsp3) is 0.176. The number of nitrogens with one attached hydrogen (secondary N) is 1. The average Bonchev–Trinajstić information content (AvgIpc) is 2.83. The molecule has 1 fully saturated rings. The maximum absolute atomic E-state index is 12.6. The maximum Gasteiger partial charge on any atom is 0.256 e. The van der Waals surface area contributed by atoms with Gasteiger partial charge in [-0.3, -0.25) is 9.59 Å². The van der Waals surface area contributed by atoms with E-state index in [0.29, 0.717) is 10.7 Å². The summed E-state index contributed by atoms with van der Waals surface area (Å²) in [5.74, 6) is 0.148. The zero-order valence-electron chi connectivity index (χ0n) is 12.5. The van der Waals surface area contributed by atoms with Crippen LogP contribution in [-0.2, 0) is 9.59 Å². The molecule has 1 heterocycles. The summed E-state index contributed by atoms with van der Waals surface area (Å²) in [5, 5.41) is 3.46. The number of amides is 2. The number of imide groups is 1. The Bertz CT molecular complexity index is 746. The average molecular weight is 331 g/mol. The first kappa shape index (κ1) is 15.4. The molecule has 0 aliphatic carbocycles. The highest BCUT2D eigenvalue weighted by Crippen LogP contribution is 2.30. The third-order valence-electron chi connectivity index (χ3n) is 3.67. The summed E-state index contributed by atoms with van der Waals surface area (Å²) in [6, 6.07) is 13.4. The Kier molecular flexibility index (Phi) is 4.21. The Balaban J connectivity index is 1.79. The first-order valence-electron chi connectivity index (χ1n) is 7.12. The number of nitrogens with zero attached hydrogens (tertiary/aromatic N) is 1. The van der Waals surface area contributed by atoms with E-state index < -0.39 is 6.04 Å². The first-order chi connectivity index (χ1) is 11.1. The molecule has 23 heavy (non-hydrogen) atoms.